The van der Waals surface area contributed by atoms with E-state index < -0.39 is 12.1 Å². The largest absolute Gasteiger partial charge is 0.456 e. The van der Waals surface area contributed by atoms with Crippen LogP contribution in [0.5, 0.6) is 0 Å². The zero-order valence-electron chi connectivity index (χ0n) is 62.7. The summed E-state index contributed by atoms with van der Waals surface area (Å²) in [6.45, 7) is 0. The van der Waals surface area contributed by atoms with Crippen LogP contribution in [0, 0.1) is 0 Å². The molecule has 2 heteroatoms. The molecule has 456 valence electrons. The number of para-hydroxylation sites is 2. The highest BCUT2D eigenvalue weighted by Crippen LogP contribution is 2.51. The van der Waals surface area contributed by atoms with Crippen LogP contribution < -0.4 is 0 Å². The second-order valence-electron chi connectivity index (χ2n) is 24.9. The third-order valence-corrected chi connectivity index (χ3v) is 19.4. The lowest BCUT2D eigenvalue weighted by Crippen LogP contribution is -1.93. The van der Waals surface area contributed by atoms with Crippen LogP contribution in [0.3, 0.4) is 0 Å². The fraction of sp³-hybridized carbons (Fsp3) is 0. The Hall–Kier alpha value is -12.9. The Kier molecular flexibility index (Phi) is 11.3. The number of rotatable bonds is 8. The topological polar surface area (TPSA) is 26.3 Å². The van der Waals surface area contributed by atoms with E-state index in [0.717, 1.165) is 175 Å². The van der Waals surface area contributed by atoms with E-state index in [0.29, 0.717) is 11.1 Å². The average Bonchev–Trinajstić information content (AvgIpc) is 1.26. The molecule has 0 fully saturated rings. The molecular weight excluding hydrogens is 1190 g/mol. The van der Waals surface area contributed by atoms with Crippen molar-refractivity contribution >= 4 is 109 Å². The number of furan rings is 2. The van der Waals surface area contributed by atoms with E-state index in [1.165, 1.54) is 0 Å². The zero-order valence-corrected chi connectivity index (χ0v) is 52.7. The number of fused-ring (bicyclic) bond motifs is 12. The first-order valence-electron chi connectivity index (χ1n) is 37.9. The first-order valence-corrected chi connectivity index (χ1v) is 32.9. The predicted molar refractivity (Wildman–Crippen MR) is 416 cm³/mol. The Bertz CT molecular complexity index is 7010. The van der Waals surface area contributed by atoms with Gasteiger partial charge in [-0.1, -0.05) is 303 Å². The maximum Gasteiger partial charge on any atom is 0.143 e. The van der Waals surface area contributed by atoms with E-state index in [-0.39, 0.29) is 59.5 Å². The average molecular weight is 1260 g/mol. The molecule has 0 radical (unpaired) electrons. The Morgan fingerprint density at radius 3 is 1.07 bits per heavy atom. The SMILES string of the molecule is [2H]c1c([2H])c([2H])c(-c2c3ccccc3c(-c3cc(-c4cc(-c5ccccc5)c5oc6ccccc6c5c4)c4ccccc4c3)c3ccccc23)c([2H])c1[2H].[2H]c1c([2H])c([2H])c(-c2c3ccccc3c(-c3cc(-c4ccc5oc6ccccc6c5c4-c4ccccc4)c4ccccc4c3)c3ccccc23)c([2H])c1[2H]. The monoisotopic (exact) mass is 1250 g/mol. The van der Waals surface area contributed by atoms with Crippen molar-refractivity contribution in [3.8, 4) is 89.0 Å². The van der Waals surface area contributed by atoms with Gasteiger partial charge in [0, 0.05) is 32.7 Å². The van der Waals surface area contributed by atoms with Gasteiger partial charge in [0.2, 0.25) is 0 Å². The fourth-order valence-corrected chi connectivity index (χ4v) is 15.3. The standard InChI is InChI=1S/2C48H30O/c1-3-15-31(16-4-1)43-28-34(29-44-37-21-13-14-26-45(37)49-48(43)44)42-30-35(27-33-19-7-8-20-36(33)42)47-40-24-11-9-22-38(40)46(32-17-5-2-6-18-32)39-23-10-12-25-41(39)47;1-3-15-31(16-4-1)45-36-21-9-11-23-38(36)46(39-24-12-10-22-37(39)45)34-29-33-19-7-8-20-35(33)42(30-34)40-27-28-44-48(41-25-13-14-26-43(41)49-44)47(40)32-17-5-2-6-18-32/h2*1-30H/i2D,5D,6D,17D,18D;1D,3D,4D,15D,16D. The lowest BCUT2D eigenvalue weighted by molar-refractivity contribution is 0.669. The van der Waals surface area contributed by atoms with E-state index in [1.807, 2.05) is 115 Å². The molecular formula is C96H60O2. The Balaban J connectivity index is 0.000000147. The summed E-state index contributed by atoms with van der Waals surface area (Å²) in [5, 5.41) is 15.7. The molecule has 98 heavy (non-hydrogen) atoms. The van der Waals surface area contributed by atoms with E-state index in [4.69, 9.17) is 22.5 Å². The van der Waals surface area contributed by atoms with Gasteiger partial charge in [0.25, 0.3) is 0 Å². The summed E-state index contributed by atoms with van der Waals surface area (Å²) in [5.74, 6) is 0. The summed E-state index contributed by atoms with van der Waals surface area (Å²) < 4.78 is 99.3. The first-order chi connectivity index (χ1) is 52.8. The van der Waals surface area contributed by atoms with Gasteiger partial charge in [-0.05, 0) is 203 Å². The molecule has 2 heterocycles. The minimum atomic E-state index is -0.404. The highest BCUT2D eigenvalue weighted by Gasteiger charge is 2.24. The van der Waals surface area contributed by atoms with Crippen molar-refractivity contribution < 1.29 is 22.5 Å². The van der Waals surface area contributed by atoms with Gasteiger partial charge in [-0.2, -0.15) is 0 Å². The van der Waals surface area contributed by atoms with Crippen LogP contribution in [-0.4, -0.2) is 0 Å². The van der Waals surface area contributed by atoms with Crippen LogP contribution in [0.25, 0.3) is 198 Å². The molecule has 2 aromatic heterocycles. The lowest BCUT2D eigenvalue weighted by Gasteiger charge is -2.20. The minimum Gasteiger partial charge on any atom is -0.456 e. The molecule has 0 aliphatic carbocycles. The smallest absolute Gasteiger partial charge is 0.143 e. The van der Waals surface area contributed by atoms with Gasteiger partial charge in [-0.25, -0.2) is 0 Å². The van der Waals surface area contributed by atoms with E-state index >= 15 is 0 Å². The highest BCUT2D eigenvalue weighted by molar-refractivity contribution is 6.25. The van der Waals surface area contributed by atoms with Crippen LogP contribution >= 0.6 is 0 Å². The second-order valence-corrected chi connectivity index (χ2v) is 24.9. The summed E-state index contributed by atoms with van der Waals surface area (Å²) >= 11 is 0. The molecule has 0 atom stereocenters. The molecule has 0 aliphatic heterocycles. The molecule has 0 saturated heterocycles. The molecule has 20 aromatic rings. The molecule has 20 rings (SSSR count). The summed E-state index contributed by atoms with van der Waals surface area (Å²) in [5.41, 5.74) is 17.7. The number of benzene rings is 18. The van der Waals surface area contributed by atoms with Crippen molar-refractivity contribution in [2.24, 2.45) is 0 Å². The maximum atomic E-state index is 8.96. The minimum absolute atomic E-state index is 0.201. The molecule has 0 aliphatic rings. The summed E-state index contributed by atoms with van der Waals surface area (Å²) in [4.78, 5) is 0. The first kappa shape index (κ1) is 47.1. The third kappa shape index (κ3) is 9.41. The summed E-state index contributed by atoms with van der Waals surface area (Å²) in [6.07, 6.45) is 0. The molecule has 18 aromatic carbocycles. The Morgan fingerprint density at radius 1 is 0.194 bits per heavy atom. The molecule has 0 bridgehead atoms. The molecule has 0 unspecified atom stereocenters. The van der Waals surface area contributed by atoms with Crippen LogP contribution in [0.4, 0.5) is 0 Å². The quantitative estimate of drug-likeness (QED) is 0.142. The van der Waals surface area contributed by atoms with Crippen LogP contribution in [0.2, 0.25) is 0 Å². The lowest BCUT2D eigenvalue weighted by atomic mass is 9.83. The normalized spacial score (nSPS) is 13.1. The molecule has 0 N–H and O–H groups in total. The van der Waals surface area contributed by atoms with E-state index in [1.54, 1.807) is 0 Å². The fourth-order valence-electron chi connectivity index (χ4n) is 15.3. The van der Waals surface area contributed by atoms with Crippen molar-refractivity contribution in [3.05, 3.63) is 364 Å². The van der Waals surface area contributed by atoms with Gasteiger partial charge < -0.3 is 8.83 Å². The molecule has 0 saturated carbocycles. The highest BCUT2D eigenvalue weighted by atomic mass is 16.3. The molecule has 0 spiro atoms. The number of hydrogen-bond acceptors (Lipinski definition) is 2. The van der Waals surface area contributed by atoms with Crippen molar-refractivity contribution in [1.82, 2.24) is 0 Å². The van der Waals surface area contributed by atoms with Gasteiger partial charge >= 0.3 is 0 Å². The van der Waals surface area contributed by atoms with Crippen molar-refractivity contribution in [2.45, 2.75) is 0 Å². The maximum absolute atomic E-state index is 8.96. The van der Waals surface area contributed by atoms with E-state index in [2.05, 4.69) is 188 Å². The van der Waals surface area contributed by atoms with Gasteiger partial charge in [-0.15, -0.1) is 0 Å². The molecule has 0 amide bonds. The second kappa shape index (κ2) is 23.5. The van der Waals surface area contributed by atoms with Crippen LogP contribution in [0.15, 0.2) is 373 Å². The van der Waals surface area contributed by atoms with E-state index in [9.17, 15) is 0 Å². The Labute approximate surface area is 580 Å². The van der Waals surface area contributed by atoms with Crippen LogP contribution in [-0.2, 0) is 0 Å². The van der Waals surface area contributed by atoms with Gasteiger partial charge in [0.05, 0.1) is 13.7 Å². The third-order valence-electron chi connectivity index (χ3n) is 19.4. The van der Waals surface area contributed by atoms with Crippen LogP contribution in [0.1, 0.15) is 13.7 Å². The summed E-state index contributed by atoms with van der Waals surface area (Å²) in [6, 6.07) is 101. The zero-order chi connectivity index (χ0) is 73.3. The van der Waals surface area contributed by atoms with Gasteiger partial charge in [0.15, 0.2) is 0 Å². The predicted octanol–water partition coefficient (Wildman–Crippen LogP) is 27.4. The molecule has 2 nitrogen and oxygen atoms in total. The van der Waals surface area contributed by atoms with Gasteiger partial charge in [0.1, 0.15) is 22.3 Å². The van der Waals surface area contributed by atoms with Crippen molar-refractivity contribution in [1.29, 1.82) is 0 Å². The number of hydrogen-bond donors (Lipinski definition) is 0. The summed E-state index contributed by atoms with van der Waals surface area (Å²) in [7, 11) is 0. The van der Waals surface area contributed by atoms with Gasteiger partial charge in [-0.3, -0.25) is 0 Å². The Morgan fingerprint density at radius 2 is 0.571 bits per heavy atom. The van der Waals surface area contributed by atoms with Crippen molar-refractivity contribution in [3.63, 3.8) is 0 Å². The van der Waals surface area contributed by atoms with Crippen molar-refractivity contribution in [2.75, 3.05) is 0 Å².